The van der Waals surface area contributed by atoms with Gasteiger partial charge >= 0.3 is 0 Å². The maximum atomic E-state index is 5.78. The van der Waals surface area contributed by atoms with E-state index in [1.807, 2.05) is 0 Å². The van der Waals surface area contributed by atoms with Gasteiger partial charge in [0, 0.05) is 12.0 Å². The molecular formula is C11H22NO+. The maximum Gasteiger partial charge on any atom is 0.0814 e. The highest BCUT2D eigenvalue weighted by Crippen LogP contribution is 2.41. The van der Waals surface area contributed by atoms with Crippen LogP contribution in [0.25, 0.3) is 0 Å². The lowest BCUT2D eigenvalue weighted by Crippen LogP contribution is -2.89. The minimum atomic E-state index is 0.128. The maximum absolute atomic E-state index is 5.78. The van der Waals surface area contributed by atoms with Crippen molar-refractivity contribution < 1.29 is 10.1 Å². The van der Waals surface area contributed by atoms with Crippen molar-refractivity contribution in [3.63, 3.8) is 0 Å². The molecule has 2 saturated heterocycles. The number of nitrogens with two attached hydrogens (primary N) is 1. The fourth-order valence-electron chi connectivity index (χ4n) is 3.11. The van der Waals surface area contributed by atoms with E-state index in [9.17, 15) is 0 Å². The topological polar surface area (TPSA) is 25.8 Å². The van der Waals surface area contributed by atoms with Gasteiger partial charge in [-0.25, -0.2) is 0 Å². The molecule has 0 aromatic heterocycles. The minimum Gasteiger partial charge on any atom is -0.376 e. The molecule has 2 N–H and O–H groups in total. The smallest absolute Gasteiger partial charge is 0.0814 e. The van der Waals surface area contributed by atoms with E-state index in [4.69, 9.17) is 4.74 Å². The van der Waals surface area contributed by atoms with E-state index < -0.39 is 0 Å². The van der Waals surface area contributed by atoms with Crippen LogP contribution in [0.15, 0.2) is 0 Å². The molecule has 0 aromatic carbocycles. The zero-order valence-corrected chi connectivity index (χ0v) is 8.94. The first-order chi connectivity index (χ1) is 6.12. The van der Waals surface area contributed by atoms with E-state index in [1.165, 1.54) is 38.8 Å². The van der Waals surface area contributed by atoms with E-state index in [0.29, 0.717) is 5.41 Å². The lowest BCUT2D eigenvalue weighted by atomic mass is 9.70. The highest BCUT2D eigenvalue weighted by atomic mass is 16.5. The summed E-state index contributed by atoms with van der Waals surface area (Å²) in [5.74, 6) is 0. The molecule has 2 rings (SSSR count). The van der Waals surface area contributed by atoms with Crippen molar-refractivity contribution in [3.8, 4) is 0 Å². The SMILES string of the molecule is CC1(C)C[C@]2(CCC[NH2+]C2)CCO1. The average molecular weight is 184 g/mol. The second kappa shape index (κ2) is 3.25. The minimum absolute atomic E-state index is 0.128. The molecule has 2 heterocycles. The zero-order valence-electron chi connectivity index (χ0n) is 8.94. The van der Waals surface area contributed by atoms with Crippen LogP contribution in [0.2, 0.25) is 0 Å². The fourth-order valence-corrected chi connectivity index (χ4v) is 3.11. The summed E-state index contributed by atoms with van der Waals surface area (Å²) in [6, 6.07) is 0. The molecule has 0 amide bonds. The lowest BCUT2D eigenvalue weighted by Gasteiger charge is -2.45. The summed E-state index contributed by atoms with van der Waals surface area (Å²) in [5.41, 5.74) is 0.740. The summed E-state index contributed by atoms with van der Waals surface area (Å²) < 4.78 is 5.78. The Morgan fingerprint density at radius 1 is 1.23 bits per heavy atom. The second-order valence-electron chi connectivity index (χ2n) is 5.42. The second-order valence-corrected chi connectivity index (χ2v) is 5.42. The van der Waals surface area contributed by atoms with Crippen LogP contribution in [0, 0.1) is 5.41 Å². The van der Waals surface area contributed by atoms with Crippen LogP contribution in [-0.2, 0) is 4.74 Å². The third-order valence-corrected chi connectivity index (χ3v) is 3.62. The molecule has 2 heteroatoms. The van der Waals surface area contributed by atoms with Gasteiger partial charge in [0.2, 0.25) is 0 Å². The Morgan fingerprint density at radius 3 is 2.69 bits per heavy atom. The Balaban J connectivity index is 2.04. The summed E-state index contributed by atoms with van der Waals surface area (Å²) in [6.07, 6.45) is 5.37. The molecule has 76 valence electrons. The summed E-state index contributed by atoms with van der Waals surface area (Å²) in [6.45, 7) is 8.12. The first kappa shape index (κ1) is 9.47. The number of rotatable bonds is 0. The van der Waals surface area contributed by atoms with Crippen molar-refractivity contribution in [2.75, 3.05) is 19.7 Å². The predicted molar refractivity (Wildman–Crippen MR) is 52.6 cm³/mol. The highest BCUT2D eigenvalue weighted by molar-refractivity contribution is 4.90. The quantitative estimate of drug-likeness (QED) is 0.595. The van der Waals surface area contributed by atoms with Gasteiger partial charge in [-0.05, 0) is 39.5 Å². The number of piperidine rings is 1. The van der Waals surface area contributed by atoms with Crippen molar-refractivity contribution in [3.05, 3.63) is 0 Å². The Morgan fingerprint density at radius 2 is 2.08 bits per heavy atom. The molecule has 0 bridgehead atoms. The first-order valence-electron chi connectivity index (χ1n) is 5.58. The number of hydrogen-bond acceptors (Lipinski definition) is 1. The Hall–Kier alpha value is -0.0800. The monoisotopic (exact) mass is 184 g/mol. The summed E-state index contributed by atoms with van der Waals surface area (Å²) >= 11 is 0. The third-order valence-electron chi connectivity index (χ3n) is 3.62. The Kier molecular flexibility index (Phi) is 2.37. The molecule has 0 aromatic rings. The van der Waals surface area contributed by atoms with E-state index in [0.717, 1.165) is 6.61 Å². The fraction of sp³-hybridized carbons (Fsp3) is 1.00. The number of ether oxygens (including phenoxy) is 1. The van der Waals surface area contributed by atoms with Crippen LogP contribution in [0.4, 0.5) is 0 Å². The van der Waals surface area contributed by atoms with Crippen LogP contribution in [0.1, 0.15) is 39.5 Å². The average Bonchev–Trinajstić information content (AvgIpc) is 2.03. The molecule has 1 atom stereocenters. The van der Waals surface area contributed by atoms with Crippen molar-refractivity contribution in [1.29, 1.82) is 0 Å². The normalized spacial score (nSPS) is 39.2. The standard InChI is InChI=1S/C11H21NO/c1-10(2)8-11(5-7-13-10)4-3-6-12-9-11/h12H,3-9H2,1-2H3/p+1/t11-/m0/s1. The summed E-state index contributed by atoms with van der Waals surface area (Å²) in [5, 5.41) is 2.49. The molecule has 0 unspecified atom stereocenters. The third kappa shape index (κ3) is 2.05. The van der Waals surface area contributed by atoms with Crippen molar-refractivity contribution >= 4 is 0 Å². The van der Waals surface area contributed by atoms with Gasteiger partial charge in [0.25, 0.3) is 0 Å². The molecule has 2 nitrogen and oxygen atoms in total. The number of quaternary nitrogens is 1. The van der Waals surface area contributed by atoms with Gasteiger partial charge in [-0.1, -0.05) is 0 Å². The van der Waals surface area contributed by atoms with Crippen LogP contribution < -0.4 is 5.32 Å². The van der Waals surface area contributed by atoms with Crippen LogP contribution in [0.3, 0.4) is 0 Å². The molecular weight excluding hydrogens is 162 g/mol. The van der Waals surface area contributed by atoms with Gasteiger partial charge in [0.1, 0.15) is 0 Å². The van der Waals surface area contributed by atoms with Gasteiger partial charge in [-0.2, -0.15) is 0 Å². The van der Waals surface area contributed by atoms with Gasteiger partial charge in [-0.15, -0.1) is 0 Å². The van der Waals surface area contributed by atoms with E-state index in [2.05, 4.69) is 19.2 Å². The van der Waals surface area contributed by atoms with Crippen LogP contribution in [0.5, 0.6) is 0 Å². The van der Waals surface area contributed by atoms with E-state index in [-0.39, 0.29) is 5.60 Å². The van der Waals surface area contributed by atoms with Gasteiger partial charge in [0.15, 0.2) is 0 Å². The molecule has 13 heavy (non-hydrogen) atoms. The lowest BCUT2D eigenvalue weighted by molar-refractivity contribution is -0.678. The van der Waals surface area contributed by atoms with Crippen molar-refractivity contribution in [2.45, 2.75) is 45.1 Å². The van der Waals surface area contributed by atoms with Crippen LogP contribution in [-0.4, -0.2) is 25.3 Å². The van der Waals surface area contributed by atoms with Crippen LogP contribution >= 0.6 is 0 Å². The van der Waals surface area contributed by atoms with Crippen molar-refractivity contribution in [1.82, 2.24) is 0 Å². The van der Waals surface area contributed by atoms with Gasteiger partial charge in [-0.3, -0.25) is 0 Å². The molecule has 1 spiro atoms. The number of hydrogen-bond donors (Lipinski definition) is 1. The van der Waals surface area contributed by atoms with Crippen molar-refractivity contribution in [2.24, 2.45) is 5.41 Å². The molecule has 2 aliphatic rings. The molecule has 2 aliphatic heterocycles. The zero-order chi connectivity index (χ0) is 9.36. The molecule has 0 saturated carbocycles. The van der Waals surface area contributed by atoms with E-state index in [1.54, 1.807) is 0 Å². The largest absolute Gasteiger partial charge is 0.376 e. The molecule has 0 aliphatic carbocycles. The molecule has 2 fully saturated rings. The Labute approximate surface area is 81.0 Å². The highest BCUT2D eigenvalue weighted by Gasteiger charge is 2.43. The summed E-state index contributed by atoms with van der Waals surface area (Å²) in [4.78, 5) is 0. The summed E-state index contributed by atoms with van der Waals surface area (Å²) in [7, 11) is 0. The van der Waals surface area contributed by atoms with Gasteiger partial charge < -0.3 is 10.1 Å². The Bertz CT molecular complexity index is 177. The molecule has 0 radical (unpaired) electrons. The van der Waals surface area contributed by atoms with Gasteiger partial charge in [0.05, 0.1) is 18.7 Å². The predicted octanol–water partition coefficient (Wildman–Crippen LogP) is 0.919. The first-order valence-corrected chi connectivity index (χ1v) is 5.58. The van der Waals surface area contributed by atoms with E-state index >= 15 is 0 Å².